The van der Waals surface area contributed by atoms with Crippen molar-refractivity contribution in [1.82, 2.24) is 0 Å². The Balaban J connectivity index is 2.21. The largest absolute Gasteiger partial charge is 0.478 e. The van der Waals surface area contributed by atoms with Crippen LogP contribution < -0.4 is 4.90 Å². The number of carbonyl (C=O) groups is 1. The van der Waals surface area contributed by atoms with Crippen LogP contribution >= 0.6 is 0 Å². The molecular formula is C15H21NO3. The van der Waals surface area contributed by atoms with Gasteiger partial charge in [-0.1, -0.05) is 26.8 Å². The van der Waals surface area contributed by atoms with E-state index in [0.29, 0.717) is 12.1 Å². The predicted molar refractivity (Wildman–Crippen MR) is 74.8 cm³/mol. The summed E-state index contributed by atoms with van der Waals surface area (Å²) in [5, 5.41) is 19.2. The minimum absolute atomic E-state index is 0.173. The molecule has 1 aliphatic rings. The third-order valence-corrected chi connectivity index (χ3v) is 3.72. The SMILES string of the molecule is CC(C)(C)C(O)CN1CCc2ccc(C(=O)O)cc21. The van der Waals surface area contributed by atoms with Crippen LogP contribution in [0.25, 0.3) is 0 Å². The van der Waals surface area contributed by atoms with Crippen molar-refractivity contribution in [2.75, 3.05) is 18.0 Å². The maximum absolute atomic E-state index is 11.0. The van der Waals surface area contributed by atoms with E-state index in [2.05, 4.69) is 4.90 Å². The normalized spacial score (nSPS) is 16.3. The number of aromatic carboxylic acids is 1. The molecule has 0 fully saturated rings. The first-order chi connectivity index (χ1) is 8.79. The zero-order chi connectivity index (χ0) is 14.2. The average Bonchev–Trinajstić information content (AvgIpc) is 2.70. The molecule has 1 aromatic rings. The number of rotatable bonds is 3. The Morgan fingerprint density at radius 2 is 2.11 bits per heavy atom. The number of hydrogen-bond acceptors (Lipinski definition) is 3. The summed E-state index contributed by atoms with van der Waals surface area (Å²) in [4.78, 5) is 13.1. The highest BCUT2D eigenvalue weighted by molar-refractivity contribution is 5.89. The van der Waals surface area contributed by atoms with Crippen molar-refractivity contribution in [3.05, 3.63) is 29.3 Å². The molecule has 0 amide bonds. The van der Waals surface area contributed by atoms with Gasteiger partial charge in [0, 0.05) is 18.8 Å². The number of aliphatic hydroxyl groups is 1. The summed E-state index contributed by atoms with van der Waals surface area (Å²) < 4.78 is 0. The Hall–Kier alpha value is -1.55. The van der Waals surface area contributed by atoms with Crippen LogP contribution in [0.1, 0.15) is 36.7 Å². The molecule has 2 rings (SSSR count). The van der Waals surface area contributed by atoms with Crippen molar-refractivity contribution in [3.63, 3.8) is 0 Å². The second-order valence-electron chi connectivity index (χ2n) is 6.23. The number of carboxylic acid groups (broad SMARTS) is 1. The van der Waals surface area contributed by atoms with E-state index in [4.69, 9.17) is 5.11 Å². The lowest BCUT2D eigenvalue weighted by Gasteiger charge is -2.31. The first kappa shape index (κ1) is 13.9. The molecule has 1 aliphatic heterocycles. The molecule has 4 nitrogen and oxygen atoms in total. The number of β-amino-alcohol motifs (C(OH)–C–C–N with tert-alkyl or cyclic N) is 1. The molecule has 0 aliphatic carbocycles. The lowest BCUT2D eigenvalue weighted by Crippen LogP contribution is -2.38. The van der Waals surface area contributed by atoms with Gasteiger partial charge < -0.3 is 15.1 Å². The van der Waals surface area contributed by atoms with Gasteiger partial charge in [-0.25, -0.2) is 4.79 Å². The molecule has 0 aromatic heterocycles. The Labute approximate surface area is 113 Å². The van der Waals surface area contributed by atoms with Crippen LogP contribution in [0.2, 0.25) is 0 Å². The molecule has 1 unspecified atom stereocenters. The topological polar surface area (TPSA) is 60.8 Å². The molecule has 0 saturated heterocycles. The molecule has 0 saturated carbocycles. The van der Waals surface area contributed by atoms with Crippen molar-refractivity contribution in [2.45, 2.75) is 33.3 Å². The Kier molecular flexibility index (Phi) is 3.54. The molecular weight excluding hydrogens is 242 g/mol. The Morgan fingerprint density at radius 3 is 2.68 bits per heavy atom. The van der Waals surface area contributed by atoms with Crippen molar-refractivity contribution < 1.29 is 15.0 Å². The summed E-state index contributed by atoms with van der Waals surface area (Å²) in [6.45, 7) is 7.39. The Bertz CT molecular complexity index is 491. The summed E-state index contributed by atoms with van der Waals surface area (Å²) in [5.41, 5.74) is 2.23. The zero-order valence-electron chi connectivity index (χ0n) is 11.7. The van der Waals surface area contributed by atoms with Gasteiger partial charge in [-0.2, -0.15) is 0 Å². The van der Waals surface area contributed by atoms with E-state index >= 15 is 0 Å². The lowest BCUT2D eigenvalue weighted by molar-refractivity contribution is 0.0692. The first-order valence-corrected chi connectivity index (χ1v) is 6.58. The van der Waals surface area contributed by atoms with Gasteiger partial charge in [0.05, 0.1) is 11.7 Å². The maximum atomic E-state index is 11.0. The third kappa shape index (κ3) is 2.89. The second kappa shape index (κ2) is 4.85. The average molecular weight is 263 g/mol. The summed E-state index contributed by atoms with van der Waals surface area (Å²) in [7, 11) is 0. The van der Waals surface area contributed by atoms with Gasteiger partial charge in [-0.15, -0.1) is 0 Å². The summed E-state index contributed by atoms with van der Waals surface area (Å²) in [5.74, 6) is -0.911. The van der Waals surface area contributed by atoms with Crippen LogP contribution in [0.5, 0.6) is 0 Å². The number of hydrogen-bond donors (Lipinski definition) is 2. The molecule has 19 heavy (non-hydrogen) atoms. The van der Waals surface area contributed by atoms with Gasteiger partial charge in [0.15, 0.2) is 0 Å². The van der Waals surface area contributed by atoms with Crippen molar-refractivity contribution in [1.29, 1.82) is 0 Å². The molecule has 104 valence electrons. The van der Waals surface area contributed by atoms with Gasteiger partial charge in [-0.3, -0.25) is 0 Å². The van der Waals surface area contributed by atoms with E-state index in [1.165, 1.54) is 0 Å². The molecule has 0 bridgehead atoms. The highest BCUT2D eigenvalue weighted by atomic mass is 16.4. The van der Waals surface area contributed by atoms with Crippen LogP contribution in [0.4, 0.5) is 5.69 Å². The van der Waals surface area contributed by atoms with Gasteiger partial charge in [0.2, 0.25) is 0 Å². The quantitative estimate of drug-likeness (QED) is 0.877. The zero-order valence-corrected chi connectivity index (χ0v) is 11.7. The number of anilines is 1. The predicted octanol–water partition coefficient (Wildman–Crippen LogP) is 2.15. The van der Waals surface area contributed by atoms with E-state index < -0.39 is 12.1 Å². The fraction of sp³-hybridized carbons (Fsp3) is 0.533. The summed E-state index contributed by atoms with van der Waals surface area (Å²) in [6, 6.07) is 5.23. The van der Waals surface area contributed by atoms with Gasteiger partial charge in [0.25, 0.3) is 0 Å². The maximum Gasteiger partial charge on any atom is 0.335 e. The Morgan fingerprint density at radius 1 is 1.42 bits per heavy atom. The van der Waals surface area contributed by atoms with Gasteiger partial charge in [0.1, 0.15) is 0 Å². The van der Waals surface area contributed by atoms with Gasteiger partial charge >= 0.3 is 5.97 Å². The molecule has 0 radical (unpaired) electrons. The fourth-order valence-corrected chi connectivity index (χ4v) is 2.25. The third-order valence-electron chi connectivity index (χ3n) is 3.72. The van der Waals surface area contributed by atoms with Crippen molar-refractivity contribution >= 4 is 11.7 Å². The van der Waals surface area contributed by atoms with Crippen molar-refractivity contribution in [2.24, 2.45) is 5.41 Å². The summed E-state index contributed by atoms with van der Waals surface area (Å²) >= 11 is 0. The number of fused-ring (bicyclic) bond motifs is 1. The number of benzene rings is 1. The van der Waals surface area contributed by atoms with E-state index in [9.17, 15) is 9.90 Å². The molecule has 1 aromatic carbocycles. The second-order valence-corrected chi connectivity index (χ2v) is 6.23. The monoisotopic (exact) mass is 263 g/mol. The fourth-order valence-electron chi connectivity index (χ4n) is 2.25. The van der Waals surface area contributed by atoms with Crippen LogP contribution in [0.3, 0.4) is 0 Å². The standard InChI is InChI=1S/C15H21NO3/c1-15(2,3)13(17)9-16-7-6-10-4-5-11(14(18)19)8-12(10)16/h4-5,8,13,17H,6-7,9H2,1-3H3,(H,18,19). The van der Waals surface area contributed by atoms with E-state index in [1.54, 1.807) is 12.1 Å². The van der Waals surface area contributed by atoms with E-state index in [1.807, 2.05) is 26.8 Å². The number of carboxylic acids is 1. The highest BCUT2D eigenvalue weighted by Crippen LogP contribution is 2.31. The van der Waals surface area contributed by atoms with E-state index in [-0.39, 0.29) is 5.41 Å². The van der Waals surface area contributed by atoms with Crippen LogP contribution in [0.15, 0.2) is 18.2 Å². The molecule has 1 atom stereocenters. The molecule has 4 heteroatoms. The molecule has 1 heterocycles. The van der Waals surface area contributed by atoms with Crippen molar-refractivity contribution in [3.8, 4) is 0 Å². The minimum atomic E-state index is -0.911. The first-order valence-electron chi connectivity index (χ1n) is 6.58. The molecule has 2 N–H and O–H groups in total. The lowest BCUT2D eigenvalue weighted by atomic mass is 9.89. The van der Waals surface area contributed by atoms with Crippen LogP contribution in [-0.2, 0) is 6.42 Å². The number of aliphatic hydroxyl groups excluding tert-OH is 1. The van der Waals surface area contributed by atoms with Crippen LogP contribution in [-0.4, -0.2) is 35.4 Å². The molecule has 0 spiro atoms. The van der Waals surface area contributed by atoms with Crippen LogP contribution in [0, 0.1) is 5.41 Å². The van der Waals surface area contributed by atoms with E-state index in [0.717, 1.165) is 24.2 Å². The number of nitrogens with zero attached hydrogens (tertiary/aromatic N) is 1. The highest BCUT2D eigenvalue weighted by Gasteiger charge is 2.28. The smallest absolute Gasteiger partial charge is 0.335 e. The minimum Gasteiger partial charge on any atom is -0.478 e. The summed E-state index contributed by atoms with van der Waals surface area (Å²) in [6.07, 6.45) is 0.471. The van der Waals surface area contributed by atoms with Gasteiger partial charge in [-0.05, 0) is 29.5 Å².